The van der Waals surface area contributed by atoms with E-state index in [0.29, 0.717) is 36.8 Å². The van der Waals surface area contributed by atoms with Crippen molar-refractivity contribution in [3.8, 4) is 16.8 Å². The molecule has 0 atom stereocenters. The molecule has 0 aliphatic heterocycles. The lowest BCUT2D eigenvalue weighted by Gasteiger charge is -2.11. The van der Waals surface area contributed by atoms with Gasteiger partial charge in [-0.2, -0.15) is 10.1 Å². The topological polar surface area (TPSA) is 168 Å². The Hall–Kier alpha value is -4.37. The number of aromatic nitrogens is 6. The molecule has 0 aliphatic carbocycles. The molecule has 1 amide bonds. The smallest absolute Gasteiger partial charge is 0.381 e. The molecule has 2 N–H and O–H groups in total. The molecule has 0 bridgehead atoms. The fourth-order valence-electron chi connectivity index (χ4n) is 3.09. The van der Waals surface area contributed by atoms with E-state index in [1.54, 1.807) is 16.9 Å². The zero-order valence-electron chi connectivity index (χ0n) is 21.1. The normalized spacial score (nSPS) is 11.0. The van der Waals surface area contributed by atoms with Gasteiger partial charge in [-0.25, -0.2) is 14.5 Å². The predicted octanol–water partition coefficient (Wildman–Crippen LogP) is 2.83. The fraction of sp³-hybridized carbons (Fsp3) is 0.348. The van der Waals surface area contributed by atoms with Gasteiger partial charge in [0, 0.05) is 36.8 Å². The Bertz CT molecular complexity index is 1450. The first-order valence-corrected chi connectivity index (χ1v) is 12.3. The van der Waals surface area contributed by atoms with Gasteiger partial charge in [0.15, 0.2) is 5.76 Å². The molecule has 38 heavy (non-hydrogen) atoms. The van der Waals surface area contributed by atoms with Gasteiger partial charge in [-0.1, -0.05) is 25.2 Å². The van der Waals surface area contributed by atoms with E-state index in [2.05, 4.69) is 49.7 Å². The molecule has 0 spiro atoms. The number of methoxy groups -OCH3 is 1. The van der Waals surface area contributed by atoms with Crippen LogP contribution in [0.2, 0.25) is 0 Å². The van der Waals surface area contributed by atoms with Crippen LogP contribution in [0, 0.1) is 12.8 Å². The van der Waals surface area contributed by atoms with Crippen LogP contribution >= 0.6 is 11.3 Å². The number of nitrogens with zero attached hydrogens (tertiary/aromatic N) is 6. The molecule has 0 radical (unpaired) electrons. The Labute approximate surface area is 221 Å². The first-order valence-electron chi connectivity index (χ1n) is 11.5. The van der Waals surface area contributed by atoms with Crippen LogP contribution in [-0.2, 0) is 4.74 Å². The lowest BCUT2D eigenvalue weighted by atomic mass is 10.2. The van der Waals surface area contributed by atoms with Gasteiger partial charge in [-0.05, 0) is 18.9 Å². The third kappa shape index (κ3) is 6.68. The number of anilines is 3. The standard InChI is InChI=1S/C23H26N8O6S/c1-13(2)12-35-9-10-36-17-6-7-24-21(27-17)26-15-11-16(37-20(33)18(15)34-4)19(32)28-22-29-30-23(38-22)31-14(3)5-8-25-31/h5-8,11,13H,9-10,12H2,1-4H3,(H,24,26,27)(H,28,29,32). The number of hydrogen-bond acceptors (Lipinski definition) is 13. The molecule has 15 heteroatoms. The molecule has 0 unspecified atom stereocenters. The van der Waals surface area contributed by atoms with Crippen LogP contribution in [-0.4, -0.2) is 62.8 Å². The third-order valence-corrected chi connectivity index (χ3v) is 5.60. The van der Waals surface area contributed by atoms with Crippen molar-refractivity contribution < 1.29 is 23.4 Å². The second-order valence-electron chi connectivity index (χ2n) is 8.23. The molecule has 4 aromatic heterocycles. The first kappa shape index (κ1) is 26.7. The van der Waals surface area contributed by atoms with Crippen molar-refractivity contribution in [2.75, 3.05) is 37.6 Å². The second kappa shape index (κ2) is 12.2. The van der Waals surface area contributed by atoms with Gasteiger partial charge < -0.3 is 23.9 Å². The maximum absolute atomic E-state index is 12.8. The molecule has 0 aromatic carbocycles. The van der Waals surface area contributed by atoms with E-state index in [1.807, 2.05) is 13.0 Å². The number of carbonyl (C=O) groups excluding carboxylic acids is 1. The van der Waals surface area contributed by atoms with Crippen LogP contribution in [0.15, 0.2) is 39.8 Å². The Morgan fingerprint density at radius 3 is 2.79 bits per heavy atom. The maximum Gasteiger partial charge on any atom is 0.381 e. The largest absolute Gasteiger partial charge is 0.488 e. The number of nitrogens with one attached hydrogen (secondary N) is 2. The van der Waals surface area contributed by atoms with E-state index in [0.717, 1.165) is 17.0 Å². The molecule has 0 fully saturated rings. The number of amides is 1. The quantitative estimate of drug-likeness (QED) is 0.251. The molecule has 0 saturated heterocycles. The number of aryl methyl sites for hydroxylation is 1. The lowest BCUT2D eigenvalue weighted by Crippen LogP contribution is -2.17. The van der Waals surface area contributed by atoms with E-state index in [9.17, 15) is 9.59 Å². The Balaban J connectivity index is 1.47. The molecule has 4 heterocycles. The zero-order valence-corrected chi connectivity index (χ0v) is 21.9. The van der Waals surface area contributed by atoms with Crippen molar-refractivity contribution in [3.63, 3.8) is 0 Å². The average Bonchev–Trinajstić information content (AvgIpc) is 3.52. The van der Waals surface area contributed by atoms with Gasteiger partial charge in [0.2, 0.25) is 27.8 Å². The van der Waals surface area contributed by atoms with Crippen molar-refractivity contribution in [2.24, 2.45) is 5.92 Å². The zero-order chi connectivity index (χ0) is 27.1. The Morgan fingerprint density at radius 2 is 2.05 bits per heavy atom. The minimum atomic E-state index is -0.873. The summed E-state index contributed by atoms with van der Waals surface area (Å²) in [5, 5.41) is 18.2. The molecular weight excluding hydrogens is 516 g/mol. The summed E-state index contributed by atoms with van der Waals surface area (Å²) in [6.07, 6.45) is 3.11. The summed E-state index contributed by atoms with van der Waals surface area (Å²) in [5.74, 6) is -0.324. The SMILES string of the molecule is COc1c(Nc2nccc(OCCOCC(C)C)n2)cc(C(=O)Nc2nnc(-n3nccc3C)s2)oc1=O. The van der Waals surface area contributed by atoms with Gasteiger partial charge in [0.1, 0.15) is 6.61 Å². The summed E-state index contributed by atoms with van der Waals surface area (Å²) in [6.45, 7) is 7.34. The van der Waals surface area contributed by atoms with Gasteiger partial charge >= 0.3 is 5.63 Å². The van der Waals surface area contributed by atoms with Gasteiger partial charge in [-0.3, -0.25) is 10.1 Å². The molecule has 4 rings (SSSR count). The van der Waals surface area contributed by atoms with Crippen molar-refractivity contribution in [1.82, 2.24) is 29.9 Å². The van der Waals surface area contributed by atoms with Crippen LogP contribution in [0.3, 0.4) is 0 Å². The molecule has 14 nitrogen and oxygen atoms in total. The second-order valence-corrected chi connectivity index (χ2v) is 9.19. The Kier molecular flexibility index (Phi) is 8.60. The van der Waals surface area contributed by atoms with Crippen LogP contribution < -0.4 is 25.7 Å². The van der Waals surface area contributed by atoms with Crippen molar-refractivity contribution in [2.45, 2.75) is 20.8 Å². The molecule has 4 aromatic rings. The van der Waals surface area contributed by atoms with E-state index in [4.69, 9.17) is 18.6 Å². The highest BCUT2D eigenvalue weighted by atomic mass is 32.1. The molecule has 0 aliphatic rings. The predicted molar refractivity (Wildman–Crippen MR) is 138 cm³/mol. The molecular formula is C23H26N8O6S. The number of ether oxygens (including phenoxy) is 3. The summed E-state index contributed by atoms with van der Waals surface area (Å²) < 4.78 is 23.0. The summed E-state index contributed by atoms with van der Waals surface area (Å²) >= 11 is 1.10. The van der Waals surface area contributed by atoms with E-state index >= 15 is 0 Å². The summed E-state index contributed by atoms with van der Waals surface area (Å²) in [7, 11) is 1.30. The monoisotopic (exact) mass is 542 g/mol. The number of rotatable bonds is 12. The highest BCUT2D eigenvalue weighted by Crippen LogP contribution is 2.26. The molecule has 0 saturated carbocycles. The minimum absolute atomic E-state index is 0.115. The third-order valence-electron chi connectivity index (χ3n) is 4.79. The first-order chi connectivity index (χ1) is 18.3. The highest BCUT2D eigenvalue weighted by molar-refractivity contribution is 7.17. The van der Waals surface area contributed by atoms with E-state index < -0.39 is 11.5 Å². The van der Waals surface area contributed by atoms with Crippen LogP contribution in [0.5, 0.6) is 11.6 Å². The van der Waals surface area contributed by atoms with Crippen molar-refractivity contribution in [1.29, 1.82) is 0 Å². The van der Waals surface area contributed by atoms with Crippen molar-refractivity contribution in [3.05, 3.63) is 52.5 Å². The summed E-state index contributed by atoms with van der Waals surface area (Å²) in [6, 6.07) is 4.70. The van der Waals surface area contributed by atoms with Crippen LogP contribution in [0.4, 0.5) is 16.8 Å². The average molecular weight is 543 g/mol. The number of carbonyl (C=O) groups is 1. The number of hydrogen-bond donors (Lipinski definition) is 2. The van der Waals surface area contributed by atoms with Gasteiger partial charge in [0.05, 0.1) is 19.4 Å². The van der Waals surface area contributed by atoms with Gasteiger partial charge in [-0.15, -0.1) is 10.2 Å². The highest BCUT2D eigenvalue weighted by Gasteiger charge is 2.20. The van der Waals surface area contributed by atoms with E-state index in [-0.39, 0.29) is 28.3 Å². The molecule has 200 valence electrons. The fourth-order valence-corrected chi connectivity index (χ4v) is 3.85. The maximum atomic E-state index is 12.8. The lowest BCUT2D eigenvalue weighted by molar-refractivity contribution is 0.0806. The van der Waals surface area contributed by atoms with Crippen LogP contribution in [0.25, 0.3) is 5.13 Å². The Morgan fingerprint density at radius 1 is 1.21 bits per heavy atom. The summed E-state index contributed by atoms with van der Waals surface area (Å²) in [4.78, 5) is 33.8. The van der Waals surface area contributed by atoms with E-state index in [1.165, 1.54) is 19.4 Å². The van der Waals surface area contributed by atoms with Crippen molar-refractivity contribution >= 4 is 34.0 Å². The van der Waals surface area contributed by atoms with Crippen LogP contribution in [0.1, 0.15) is 30.1 Å². The minimum Gasteiger partial charge on any atom is -0.488 e. The van der Waals surface area contributed by atoms with Gasteiger partial charge in [0.25, 0.3) is 5.91 Å². The summed E-state index contributed by atoms with van der Waals surface area (Å²) in [5.41, 5.74) is 0.103.